The van der Waals surface area contributed by atoms with Crippen molar-refractivity contribution in [3.8, 4) is 0 Å². The van der Waals surface area contributed by atoms with Crippen LogP contribution in [0.1, 0.15) is 21.6 Å². The number of hydrogen-bond acceptors (Lipinski definition) is 3. The number of aromatic nitrogens is 2. The molecule has 0 saturated heterocycles. The quantitative estimate of drug-likeness (QED) is 0.808. The molecular formula is C16H12ClN3O. The molecular weight excluding hydrogens is 286 g/mol. The number of halogens is 1. The molecule has 21 heavy (non-hydrogen) atoms. The molecule has 5 heteroatoms. The van der Waals surface area contributed by atoms with Gasteiger partial charge in [0.05, 0.1) is 21.8 Å². The smallest absolute Gasteiger partial charge is 0.250 e. The van der Waals surface area contributed by atoms with E-state index < -0.39 is 5.91 Å². The maximum atomic E-state index is 11.4. The first-order chi connectivity index (χ1) is 10.1. The highest BCUT2D eigenvalue weighted by molar-refractivity contribution is 6.31. The monoisotopic (exact) mass is 297 g/mol. The number of carbonyl (C=O) groups is 1. The van der Waals surface area contributed by atoms with Crippen LogP contribution in [-0.2, 0) is 6.42 Å². The summed E-state index contributed by atoms with van der Waals surface area (Å²) in [5.74, 6) is -0.469. The Kier molecular flexibility index (Phi) is 3.54. The number of primary amides is 1. The molecule has 0 aliphatic carbocycles. The van der Waals surface area contributed by atoms with Gasteiger partial charge in [-0.05, 0) is 35.9 Å². The summed E-state index contributed by atoms with van der Waals surface area (Å²) in [6, 6.07) is 11.1. The predicted octanol–water partition coefficient (Wildman–Crippen LogP) is 2.97. The van der Waals surface area contributed by atoms with Crippen LogP contribution in [-0.4, -0.2) is 15.9 Å². The summed E-state index contributed by atoms with van der Waals surface area (Å²) in [5, 5.41) is 1.55. The van der Waals surface area contributed by atoms with Crippen LogP contribution in [0.15, 0.2) is 48.8 Å². The maximum Gasteiger partial charge on any atom is 0.250 e. The molecule has 0 spiro atoms. The normalized spacial score (nSPS) is 10.7. The first-order valence-corrected chi connectivity index (χ1v) is 6.79. The van der Waals surface area contributed by atoms with Crippen molar-refractivity contribution in [2.75, 3.05) is 0 Å². The Labute approximate surface area is 126 Å². The third kappa shape index (κ3) is 2.85. The van der Waals surface area contributed by atoms with E-state index in [1.54, 1.807) is 24.5 Å². The van der Waals surface area contributed by atoms with Gasteiger partial charge >= 0.3 is 0 Å². The Balaban J connectivity index is 2.00. The average Bonchev–Trinajstić information content (AvgIpc) is 2.47. The first-order valence-electron chi connectivity index (χ1n) is 6.41. The van der Waals surface area contributed by atoms with Crippen molar-refractivity contribution >= 4 is 28.4 Å². The van der Waals surface area contributed by atoms with E-state index in [1.165, 1.54) is 0 Å². The Hall–Kier alpha value is -2.46. The van der Waals surface area contributed by atoms with E-state index in [0.717, 1.165) is 16.5 Å². The number of nitrogens with two attached hydrogens (primary N) is 1. The molecule has 104 valence electrons. The van der Waals surface area contributed by atoms with Crippen LogP contribution in [0.4, 0.5) is 0 Å². The fourth-order valence-corrected chi connectivity index (χ4v) is 2.43. The van der Waals surface area contributed by atoms with Gasteiger partial charge < -0.3 is 5.73 Å². The third-order valence-corrected chi connectivity index (χ3v) is 3.45. The van der Waals surface area contributed by atoms with Crippen LogP contribution in [0.3, 0.4) is 0 Å². The van der Waals surface area contributed by atoms with Crippen LogP contribution < -0.4 is 5.73 Å². The maximum absolute atomic E-state index is 11.4. The predicted molar refractivity (Wildman–Crippen MR) is 82.3 cm³/mol. The molecule has 0 unspecified atom stereocenters. The number of amides is 1. The van der Waals surface area contributed by atoms with E-state index in [1.807, 2.05) is 24.3 Å². The summed E-state index contributed by atoms with van der Waals surface area (Å²) in [4.78, 5) is 19.9. The Morgan fingerprint density at radius 1 is 1.19 bits per heavy atom. The molecule has 0 radical (unpaired) electrons. The van der Waals surface area contributed by atoms with Gasteiger partial charge in [0.2, 0.25) is 0 Å². The van der Waals surface area contributed by atoms with Gasteiger partial charge in [0, 0.05) is 24.2 Å². The van der Waals surface area contributed by atoms with E-state index >= 15 is 0 Å². The highest BCUT2D eigenvalue weighted by atomic mass is 35.5. The van der Waals surface area contributed by atoms with Crippen LogP contribution in [0.25, 0.3) is 10.9 Å². The Bertz CT molecular complexity index is 833. The highest BCUT2D eigenvalue weighted by Gasteiger charge is 2.09. The van der Waals surface area contributed by atoms with E-state index in [-0.39, 0.29) is 0 Å². The fourth-order valence-electron chi connectivity index (χ4n) is 2.26. The lowest BCUT2D eigenvalue weighted by atomic mass is 10.0. The van der Waals surface area contributed by atoms with Gasteiger partial charge in [-0.1, -0.05) is 17.7 Å². The molecule has 0 atom stereocenters. The molecule has 0 bridgehead atoms. The van der Waals surface area contributed by atoms with Crippen LogP contribution in [0.2, 0.25) is 5.02 Å². The van der Waals surface area contributed by atoms with Crippen molar-refractivity contribution in [2.45, 2.75) is 6.42 Å². The Morgan fingerprint density at radius 2 is 2.05 bits per heavy atom. The third-order valence-electron chi connectivity index (χ3n) is 3.24. The van der Waals surface area contributed by atoms with Gasteiger partial charge in [0.15, 0.2) is 0 Å². The van der Waals surface area contributed by atoms with Gasteiger partial charge in [-0.25, -0.2) is 0 Å². The number of pyridine rings is 2. The summed E-state index contributed by atoms with van der Waals surface area (Å²) in [6.07, 6.45) is 3.80. The molecule has 4 nitrogen and oxygen atoms in total. The lowest BCUT2D eigenvalue weighted by molar-refractivity contribution is 0.0999. The minimum atomic E-state index is -0.469. The first kappa shape index (κ1) is 13.5. The van der Waals surface area contributed by atoms with Crippen molar-refractivity contribution in [3.63, 3.8) is 0 Å². The van der Waals surface area contributed by atoms with Gasteiger partial charge in [-0.15, -0.1) is 0 Å². The molecule has 0 saturated carbocycles. The number of benzene rings is 1. The minimum absolute atomic E-state index is 0.446. The van der Waals surface area contributed by atoms with Crippen molar-refractivity contribution in [3.05, 3.63) is 70.6 Å². The molecule has 0 fully saturated rings. The molecule has 1 amide bonds. The van der Waals surface area contributed by atoms with Crippen molar-refractivity contribution in [1.29, 1.82) is 0 Å². The van der Waals surface area contributed by atoms with Gasteiger partial charge in [-0.2, -0.15) is 0 Å². The van der Waals surface area contributed by atoms with Gasteiger partial charge in [0.1, 0.15) is 0 Å². The summed E-state index contributed by atoms with van der Waals surface area (Å²) < 4.78 is 0. The number of nitrogens with zero attached hydrogens (tertiary/aromatic N) is 2. The molecule has 2 aromatic heterocycles. The zero-order valence-corrected chi connectivity index (χ0v) is 11.8. The topological polar surface area (TPSA) is 68.9 Å². The zero-order chi connectivity index (χ0) is 14.8. The zero-order valence-electron chi connectivity index (χ0n) is 11.1. The SMILES string of the molecule is NC(=O)c1cccnc1Cc1ccc2ncc(Cl)cc2c1. The summed E-state index contributed by atoms with van der Waals surface area (Å²) in [6.45, 7) is 0. The summed E-state index contributed by atoms with van der Waals surface area (Å²) >= 11 is 5.96. The second kappa shape index (κ2) is 5.50. The van der Waals surface area contributed by atoms with Crippen molar-refractivity contribution < 1.29 is 4.79 Å². The summed E-state index contributed by atoms with van der Waals surface area (Å²) in [7, 11) is 0. The van der Waals surface area contributed by atoms with E-state index in [0.29, 0.717) is 22.7 Å². The summed E-state index contributed by atoms with van der Waals surface area (Å²) in [5.41, 5.74) is 8.38. The number of carbonyl (C=O) groups excluding carboxylic acids is 1. The lowest BCUT2D eigenvalue weighted by Gasteiger charge is -2.07. The molecule has 3 rings (SSSR count). The number of fused-ring (bicyclic) bond motifs is 1. The second-order valence-electron chi connectivity index (χ2n) is 4.72. The fraction of sp³-hybridized carbons (Fsp3) is 0.0625. The van der Waals surface area contributed by atoms with E-state index in [4.69, 9.17) is 17.3 Å². The largest absolute Gasteiger partial charge is 0.366 e. The molecule has 0 aliphatic heterocycles. The van der Waals surface area contributed by atoms with E-state index in [2.05, 4.69) is 9.97 Å². The average molecular weight is 298 g/mol. The van der Waals surface area contributed by atoms with E-state index in [9.17, 15) is 4.79 Å². The molecule has 1 aromatic carbocycles. The highest BCUT2D eigenvalue weighted by Crippen LogP contribution is 2.20. The van der Waals surface area contributed by atoms with Crippen molar-refractivity contribution in [1.82, 2.24) is 9.97 Å². The van der Waals surface area contributed by atoms with Crippen LogP contribution >= 0.6 is 11.6 Å². The van der Waals surface area contributed by atoms with Gasteiger partial charge in [-0.3, -0.25) is 14.8 Å². The lowest BCUT2D eigenvalue weighted by Crippen LogP contribution is -2.14. The molecule has 2 N–H and O–H groups in total. The standard InChI is InChI=1S/C16H12ClN3O/c17-12-8-11-6-10(3-4-14(11)20-9-12)7-15-13(16(18)21)2-1-5-19-15/h1-6,8-9H,7H2,(H2,18,21). The molecule has 2 heterocycles. The molecule has 0 aliphatic rings. The minimum Gasteiger partial charge on any atom is -0.366 e. The van der Waals surface area contributed by atoms with Gasteiger partial charge in [0.25, 0.3) is 5.91 Å². The van der Waals surface area contributed by atoms with Crippen molar-refractivity contribution in [2.24, 2.45) is 5.73 Å². The van der Waals surface area contributed by atoms with Crippen LogP contribution in [0.5, 0.6) is 0 Å². The Morgan fingerprint density at radius 3 is 2.86 bits per heavy atom. The number of hydrogen-bond donors (Lipinski definition) is 1. The number of rotatable bonds is 3. The molecule has 3 aromatic rings. The second-order valence-corrected chi connectivity index (χ2v) is 5.16. The van der Waals surface area contributed by atoms with Crippen LogP contribution in [0, 0.1) is 0 Å².